The minimum absolute atomic E-state index is 0.268. The van der Waals surface area contributed by atoms with Gasteiger partial charge in [-0.2, -0.15) is 0 Å². The molecule has 0 saturated heterocycles. The van der Waals surface area contributed by atoms with Crippen molar-refractivity contribution < 1.29 is 0 Å². The molecule has 0 rings (SSSR count). The lowest BCUT2D eigenvalue weighted by molar-refractivity contribution is 0.332. The highest BCUT2D eigenvalue weighted by atomic mass is 14.9. The molecular weight excluding hydrogens is 194 g/mol. The van der Waals surface area contributed by atoms with E-state index >= 15 is 0 Å². The Kier molecular flexibility index (Phi) is 8.09. The quantitative estimate of drug-likeness (QED) is 0.638. The standard InChI is InChI=1S/C15H33N/c1-7-9-14(11-8-10-13(2)3)12-16-15(4,5)6/h13-14,16H,7-12H2,1-6H3. The molecule has 0 bridgehead atoms. The molecule has 1 atom stereocenters. The largest absolute Gasteiger partial charge is 0.312 e. The first-order valence-electron chi connectivity index (χ1n) is 7.10. The van der Waals surface area contributed by atoms with Crippen LogP contribution in [-0.4, -0.2) is 12.1 Å². The van der Waals surface area contributed by atoms with Crippen LogP contribution in [0.2, 0.25) is 0 Å². The van der Waals surface area contributed by atoms with Crippen LogP contribution in [0.3, 0.4) is 0 Å². The van der Waals surface area contributed by atoms with Gasteiger partial charge in [-0.05, 0) is 52.0 Å². The molecule has 0 saturated carbocycles. The summed E-state index contributed by atoms with van der Waals surface area (Å²) in [5.74, 6) is 1.74. The summed E-state index contributed by atoms with van der Waals surface area (Å²) >= 11 is 0. The van der Waals surface area contributed by atoms with Crippen LogP contribution in [0.1, 0.15) is 73.6 Å². The minimum atomic E-state index is 0.268. The first-order valence-corrected chi connectivity index (χ1v) is 7.10. The van der Waals surface area contributed by atoms with E-state index in [9.17, 15) is 0 Å². The molecule has 0 spiro atoms. The second-order valence-corrected chi connectivity index (χ2v) is 6.61. The lowest BCUT2D eigenvalue weighted by Gasteiger charge is -2.25. The Bertz CT molecular complexity index is 155. The van der Waals surface area contributed by atoms with Gasteiger partial charge in [-0.15, -0.1) is 0 Å². The first-order chi connectivity index (χ1) is 7.35. The normalized spacial score (nSPS) is 14.4. The van der Waals surface area contributed by atoms with Gasteiger partial charge in [0.25, 0.3) is 0 Å². The predicted octanol–water partition coefficient (Wildman–Crippen LogP) is 4.62. The molecule has 0 aromatic rings. The maximum absolute atomic E-state index is 3.64. The topological polar surface area (TPSA) is 12.0 Å². The van der Waals surface area contributed by atoms with E-state index in [2.05, 4.69) is 46.9 Å². The number of hydrogen-bond acceptors (Lipinski definition) is 1. The maximum atomic E-state index is 3.64. The fourth-order valence-corrected chi connectivity index (χ4v) is 2.02. The van der Waals surface area contributed by atoms with Crippen molar-refractivity contribution in [3.05, 3.63) is 0 Å². The van der Waals surface area contributed by atoms with Crippen molar-refractivity contribution in [2.75, 3.05) is 6.54 Å². The molecule has 0 aliphatic carbocycles. The van der Waals surface area contributed by atoms with Crippen LogP contribution >= 0.6 is 0 Å². The van der Waals surface area contributed by atoms with Crippen molar-refractivity contribution in [1.29, 1.82) is 0 Å². The third-order valence-corrected chi connectivity index (χ3v) is 3.01. The van der Waals surface area contributed by atoms with Crippen LogP contribution in [0.5, 0.6) is 0 Å². The van der Waals surface area contributed by atoms with Gasteiger partial charge in [0.1, 0.15) is 0 Å². The molecule has 0 amide bonds. The molecular formula is C15H33N. The van der Waals surface area contributed by atoms with Crippen LogP contribution < -0.4 is 5.32 Å². The van der Waals surface area contributed by atoms with Crippen LogP contribution in [0.25, 0.3) is 0 Å². The van der Waals surface area contributed by atoms with E-state index in [1.165, 1.54) is 38.6 Å². The fourth-order valence-electron chi connectivity index (χ4n) is 2.02. The van der Waals surface area contributed by atoms with Gasteiger partial charge in [-0.3, -0.25) is 0 Å². The van der Waals surface area contributed by atoms with Crippen LogP contribution in [0.15, 0.2) is 0 Å². The summed E-state index contributed by atoms with van der Waals surface area (Å²) < 4.78 is 0. The molecule has 1 heteroatoms. The maximum Gasteiger partial charge on any atom is 0.00966 e. The monoisotopic (exact) mass is 227 g/mol. The summed E-state index contributed by atoms with van der Waals surface area (Å²) in [4.78, 5) is 0. The van der Waals surface area contributed by atoms with Crippen LogP contribution in [0, 0.1) is 11.8 Å². The van der Waals surface area contributed by atoms with E-state index in [1.54, 1.807) is 0 Å². The molecule has 16 heavy (non-hydrogen) atoms. The Labute approximate surface area is 103 Å². The second-order valence-electron chi connectivity index (χ2n) is 6.61. The SMILES string of the molecule is CCCC(CCCC(C)C)CNC(C)(C)C. The molecule has 0 aliphatic heterocycles. The third-order valence-electron chi connectivity index (χ3n) is 3.01. The molecule has 98 valence electrons. The van der Waals surface area contributed by atoms with E-state index in [0.717, 1.165) is 11.8 Å². The summed E-state index contributed by atoms with van der Waals surface area (Å²) in [7, 11) is 0. The Morgan fingerprint density at radius 3 is 2.06 bits per heavy atom. The van der Waals surface area contributed by atoms with E-state index in [1.807, 2.05) is 0 Å². The molecule has 0 heterocycles. The van der Waals surface area contributed by atoms with Crippen molar-refractivity contribution >= 4 is 0 Å². The molecule has 0 aromatic heterocycles. The Hall–Kier alpha value is -0.0400. The number of hydrogen-bond donors (Lipinski definition) is 1. The zero-order valence-electron chi connectivity index (χ0n) is 12.4. The first kappa shape index (κ1) is 16.0. The van der Waals surface area contributed by atoms with Gasteiger partial charge in [0.2, 0.25) is 0 Å². The van der Waals surface area contributed by atoms with Gasteiger partial charge in [0.15, 0.2) is 0 Å². The molecule has 0 aliphatic rings. The smallest absolute Gasteiger partial charge is 0.00966 e. The zero-order valence-corrected chi connectivity index (χ0v) is 12.4. The average molecular weight is 227 g/mol. The summed E-state index contributed by atoms with van der Waals surface area (Å²) in [6, 6.07) is 0. The summed E-state index contributed by atoms with van der Waals surface area (Å²) in [5.41, 5.74) is 0.268. The van der Waals surface area contributed by atoms with Gasteiger partial charge in [0, 0.05) is 5.54 Å². The Balaban J connectivity index is 3.79. The summed E-state index contributed by atoms with van der Waals surface area (Å²) in [6.45, 7) is 14.9. The summed E-state index contributed by atoms with van der Waals surface area (Å²) in [5, 5.41) is 3.64. The van der Waals surface area contributed by atoms with E-state index in [4.69, 9.17) is 0 Å². The van der Waals surface area contributed by atoms with Crippen molar-refractivity contribution in [1.82, 2.24) is 5.32 Å². The van der Waals surface area contributed by atoms with Gasteiger partial charge in [-0.25, -0.2) is 0 Å². The van der Waals surface area contributed by atoms with E-state index in [0.29, 0.717) is 0 Å². The van der Waals surface area contributed by atoms with Crippen molar-refractivity contribution in [3.63, 3.8) is 0 Å². The zero-order chi connectivity index (χ0) is 12.6. The van der Waals surface area contributed by atoms with Crippen molar-refractivity contribution in [2.24, 2.45) is 11.8 Å². The molecule has 0 fully saturated rings. The van der Waals surface area contributed by atoms with Gasteiger partial charge >= 0.3 is 0 Å². The van der Waals surface area contributed by atoms with E-state index in [-0.39, 0.29) is 5.54 Å². The number of rotatable bonds is 8. The predicted molar refractivity (Wildman–Crippen MR) is 74.8 cm³/mol. The summed E-state index contributed by atoms with van der Waals surface area (Å²) in [6.07, 6.45) is 6.87. The highest BCUT2D eigenvalue weighted by Crippen LogP contribution is 2.17. The van der Waals surface area contributed by atoms with E-state index < -0.39 is 0 Å². The Morgan fingerprint density at radius 2 is 1.62 bits per heavy atom. The van der Waals surface area contributed by atoms with Crippen molar-refractivity contribution in [2.45, 2.75) is 79.2 Å². The van der Waals surface area contributed by atoms with Gasteiger partial charge in [0.05, 0.1) is 0 Å². The average Bonchev–Trinajstić information content (AvgIpc) is 2.12. The second kappa shape index (κ2) is 8.11. The lowest BCUT2D eigenvalue weighted by atomic mass is 9.93. The van der Waals surface area contributed by atoms with Gasteiger partial charge in [-0.1, -0.05) is 40.0 Å². The highest BCUT2D eigenvalue weighted by molar-refractivity contribution is 4.73. The van der Waals surface area contributed by atoms with Crippen molar-refractivity contribution in [3.8, 4) is 0 Å². The molecule has 1 unspecified atom stereocenters. The highest BCUT2D eigenvalue weighted by Gasteiger charge is 2.13. The molecule has 0 aromatic carbocycles. The lowest BCUT2D eigenvalue weighted by Crippen LogP contribution is -2.39. The molecule has 0 radical (unpaired) electrons. The minimum Gasteiger partial charge on any atom is -0.312 e. The molecule has 1 N–H and O–H groups in total. The Morgan fingerprint density at radius 1 is 1.00 bits per heavy atom. The molecule has 1 nitrogen and oxygen atoms in total. The fraction of sp³-hybridized carbons (Fsp3) is 1.00. The number of nitrogens with one attached hydrogen (secondary N) is 1. The van der Waals surface area contributed by atoms with Gasteiger partial charge < -0.3 is 5.32 Å². The third kappa shape index (κ3) is 10.5. The van der Waals surface area contributed by atoms with Crippen LogP contribution in [0.4, 0.5) is 0 Å². The van der Waals surface area contributed by atoms with Crippen LogP contribution in [-0.2, 0) is 0 Å².